The smallest absolute Gasteiger partial charge is 0.166 e. The fourth-order valence-corrected chi connectivity index (χ4v) is 3.39. The molecule has 2 aliphatic rings. The van der Waals surface area contributed by atoms with E-state index in [0.717, 1.165) is 6.29 Å². The monoisotopic (exact) mass is 288 g/mol. The van der Waals surface area contributed by atoms with E-state index in [9.17, 15) is 9.59 Å². The molecule has 0 amide bonds. The summed E-state index contributed by atoms with van der Waals surface area (Å²) in [5, 5.41) is 0. The van der Waals surface area contributed by atoms with Crippen LogP contribution >= 0.6 is 0 Å². The Labute approximate surface area is 124 Å². The quantitative estimate of drug-likeness (QED) is 0.617. The first kappa shape index (κ1) is 14.4. The molecule has 0 spiro atoms. The molecule has 1 aromatic rings. The number of benzene rings is 1. The second kappa shape index (κ2) is 5.35. The lowest BCUT2D eigenvalue weighted by atomic mass is 10.0. The molecule has 3 rings (SSSR count). The van der Waals surface area contributed by atoms with Crippen LogP contribution < -0.4 is 0 Å². The molecule has 0 unspecified atom stereocenters. The average Bonchev–Trinajstić information content (AvgIpc) is 3.06. The highest BCUT2D eigenvalue weighted by molar-refractivity contribution is 6.00. The number of Topliss-reactive ketones (excluding diaryl/α,β-unsaturated/α-hetero) is 1. The molecule has 1 saturated carbocycles. The number of carbonyl (C=O) groups excluding carboxylic acids is 2. The van der Waals surface area contributed by atoms with Gasteiger partial charge in [0.1, 0.15) is 6.29 Å². The van der Waals surface area contributed by atoms with Crippen molar-refractivity contribution in [3.8, 4) is 0 Å². The van der Waals surface area contributed by atoms with Gasteiger partial charge in [-0.3, -0.25) is 4.79 Å². The molecule has 1 aliphatic carbocycles. The Kier molecular flexibility index (Phi) is 3.68. The van der Waals surface area contributed by atoms with Crippen molar-refractivity contribution in [2.45, 2.75) is 32.2 Å². The first-order chi connectivity index (χ1) is 10.0. The van der Waals surface area contributed by atoms with Gasteiger partial charge in [-0.05, 0) is 19.8 Å². The fraction of sp³-hybridized carbons (Fsp3) is 0.529. The number of hydrogen-bond acceptors (Lipinski definition) is 4. The van der Waals surface area contributed by atoms with Crippen molar-refractivity contribution in [2.75, 3.05) is 6.61 Å². The largest absolute Gasteiger partial charge is 0.348 e. The highest BCUT2D eigenvalue weighted by atomic mass is 16.7. The maximum atomic E-state index is 12.6. The Hall–Kier alpha value is -1.52. The van der Waals surface area contributed by atoms with Crippen molar-refractivity contribution in [2.24, 2.45) is 17.8 Å². The first-order valence-corrected chi connectivity index (χ1v) is 7.38. The second-order valence-corrected chi connectivity index (χ2v) is 6.27. The van der Waals surface area contributed by atoms with E-state index in [2.05, 4.69) is 0 Å². The van der Waals surface area contributed by atoms with Crippen LogP contribution in [-0.4, -0.2) is 30.6 Å². The second-order valence-electron chi connectivity index (χ2n) is 6.27. The van der Waals surface area contributed by atoms with Gasteiger partial charge in [0.2, 0.25) is 0 Å². The van der Waals surface area contributed by atoms with Crippen LogP contribution in [-0.2, 0) is 14.3 Å². The van der Waals surface area contributed by atoms with Crippen LogP contribution in [0.3, 0.4) is 0 Å². The summed E-state index contributed by atoms with van der Waals surface area (Å²) < 4.78 is 11.5. The van der Waals surface area contributed by atoms with Crippen molar-refractivity contribution >= 4 is 12.1 Å². The molecule has 1 aliphatic heterocycles. The van der Waals surface area contributed by atoms with Gasteiger partial charge in [-0.25, -0.2) is 0 Å². The molecule has 4 nitrogen and oxygen atoms in total. The van der Waals surface area contributed by atoms with Gasteiger partial charge in [0.05, 0.1) is 12.7 Å². The summed E-state index contributed by atoms with van der Waals surface area (Å²) in [6.07, 6.45) is 1.22. The van der Waals surface area contributed by atoms with Crippen LogP contribution in [0.25, 0.3) is 0 Å². The van der Waals surface area contributed by atoms with Crippen LogP contribution in [0.2, 0.25) is 0 Å². The molecule has 4 atom stereocenters. The van der Waals surface area contributed by atoms with E-state index < -0.39 is 5.79 Å². The molecule has 0 aromatic heterocycles. The number of aldehydes is 1. The van der Waals surface area contributed by atoms with Gasteiger partial charge in [0, 0.05) is 23.8 Å². The molecule has 1 heterocycles. The van der Waals surface area contributed by atoms with E-state index in [-0.39, 0.29) is 29.6 Å². The number of hydrogen-bond donors (Lipinski definition) is 0. The van der Waals surface area contributed by atoms with E-state index in [4.69, 9.17) is 9.47 Å². The number of ketones is 1. The van der Waals surface area contributed by atoms with E-state index >= 15 is 0 Å². The lowest BCUT2D eigenvalue weighted by molar-refractivity contribution is -0.141. The normalized spacial score (nSPS) is 33.6. The zero-order chi connectivity index (χ0) is 15.0. The van der Waals surface area contributed by atoms with Crippen molar-refractivity contribution in [1.29, 1.82) is 0 Å². The standard InChI is InChI=1S/C17H20O4/c1-17(2)20-10-13(21-17)14-12(8-9-18)15(14)16(19)11-6-4-3-5-7-11/h3-7,9,12-15H,8,10H2,1-2H3/t12-,13+,14+,15-/m1/s1. The summed E-state index contributed by atoms with van der Waals surface area (Å²) in [5.41, 5.74) is 0.707. The molecule has 4 heteroatoms. The zero-order valence-corrected chi connectivity index (χ0v) is 12.3. The minimum absolute atomic E-state index is 0.0812. The molecule has 1 aromatic carbocycles. The van der Waals surface area contributed by atoms with Gasteiger partial charge in [-0.15, -0.1) is 0 Å². The molecule has 21 heavy (non-hydrogen) atoms. The van der Waals surface area contributed by atoms with Crippen LogP contribution in [0, 0.1) is 17.8 Å². The van der Waals surface area contributed by atoms with Crippen LogP contribution in [0.1, 0.15) is 30.6 Å². The third kappa shape index (κ3) is 2.78. The molecule has 1 saturated heterocycles. The van der Waals surface area contributed by atoms with E-state index in [1.54, 1.807) is 0 Å². The summed E-state index contributed by atoms with van der Waals surface area (Å²) in [5.74, 6) is -0.442. The minimum Gasteiger partial charge on any atom is -0.348 e. The fourth-order valence-electron chi connectivity index (χ4n) is 3.39. The predicted octanol–water partition coefficient (Wildman–Crippen LogP) is 2.47. The molecule has 2 fully saturated rings. The molecular formula is C17H20O4. The Morgan fingerprint density at radius 1 is 1.33 bits per heavy atom. The summed E-state index contributed by atoms with van der Waals surface area (Å²) in [7, 11) is 0. The highest BCUT2D eigenvalue weighted by Gasteiger charge is 2.60. The van der Waals surface area contributed by atoms with Crippen LogP contribution in [0.4, 0.5) is 0 Å². The van der Waals surface area contributed by atoms with E-state index in [0.29, 0.717) is 18.6 Å². The van der Waals surface area contributed by atoms with E-state index in [1.807, 2.05) is 44.2 Å². The van der Waals surface area contributed by atoms with Crippen molar-refractivity contribution in [1.82, 2.24) is 0 Å². The Morgan fingerprint density at radius 3 is 2.62 bits per heavy atom. The Bertz CT molecular complexity index is 537. The number of rotatable bonds is 5. The molecule has 0 N–H and O–H groups in total. The highest BCUT2D eigenvalue weighted by Crippen LogP contribution is 2.54. The van der Waals surface area contributed by atoms with Gasteiger partial charge < -0.3 is 14.3 Å². The Morgan fingerprint density at radius 2 is 2.05 bits per heavy atom. The summed E-state index contributed by atoms with van der Waals surface area (Å²) >= 11 is 0. The number of ether oxygens (including phenoxy) is 2. The lowest BCUT2D eigenvalue weighted by Gasteiger charge is -2.17. The van der Waals surface area contributed by atoms with Gasteiger partial charge >= 0.3 is 0 Å². The zero-order valence-electron chi connectivity index (χ0n) is 12.3. The van der Waals surface area contributed by atoms with Gasteiger partial charge in [0.15, 0.2) is 11.6 Å². The predicted molar refractivity (Wildman–Crippen MR) is 76.8 cm³/mol. The van der Waals surface area contributed by atoms with Crippen molar-refractivity contribution in [3.63, 3.8) is 0 Å². The Balaban J connectivity index is 1.75. The third-order valence-corrected chi connectivity index (χ3v) is 4.42. The number of carbonyl (C=O) groups is 2. The summed E-state index contributed by atoms with van der Waals surface area (Å²) in [4.78, 5) is 23.5. The van der Waals surface area contributed by atoms with Gasteiger partial charge in [-0.2, -0.15) is 0 Å². The van der Waals surface area contributed by atoms with Gasteiger partial charge in [0.25, 0.3) is 0 Å². The maximum Gasteiger partial charge on any atom is 0.166 e. The first-order valence-electron chi connectivity index (χ1n) is 7.38. The molecular weight excluding hydrogens is 268 g/mol. The van der Waals surface area contributed by atoms with E-state index in [1.165, 1.54) is 0 Å². The molecule has 0 bridgehead atoms. The van der Waals surface area contributed by atoms with Gasteiger partial charge in [-0.1, -0.05) is 30.3 Å². The summed E-state index contributed by atoms with van der Waals surface area (Å²) in [6, 6.07) is 9.26. The van der Waals surface area contributed by atoms with Crippen LogP contribution in [0.15, 0.2) is 30.3 Å². The van der Waals surface area contributed by atoms with Crippen molar-refractivity contribution in [3.05, 3.63) is 35.9 Å². The van der Waals surface area contributed by atoms with Crippen LogP contribution in [0.5, 0.6) is 0 Å². The molecule has 0 radical (unpaired) electrons. The minimum atomic E-state index is -0.598. The summed E-state index contributed by atoms with van der Waals surface area (Å²) in [6.45, 7) is 4.24. The third-order valence-electron chi connectivity index (χ3n) is 4.42. The topological polar surface area (TPSA) is 52.6 Å². The lowest BCUT2D eigenvalue weighted by Crippen LogP contribution is -2.23. The van der Waals surface area contributed by atoms with Crippen molar-refractivity contribution < 1.29 is 19.1 Å². The maximum absolute atomic E-state index is 12.6. The SMILES string of the molecule is CC1(C)OC[C@@H]([C@@H]2[C@@H](CC=O)[C@H]2C(=O)c2ccccc2)O1. The molecule has 112 valence electrons. The average molecular weight is 288 g/mol.